The molecule has 0 aliphatic rings. The van der Waals surface area contributed by atoms with Gasteiger partial charge in [-0.1, -0.05) is 11.6 Å². The average Bonchev–Trinajstić information content (AvgIpc) is 3.29. The Morgan fingerprint density at radius 2 is 1.54 bits per heavy atom. The molecule has 0 aliphatic heterocycles. The Morgan fingerprint density at radius 3 is 2.15 bits per heavy atom. The van der Waals surface area contributed by atoms with Crippen LogP contribution in [0.5, 0.6) is 0 Å². The summed E-state index contributed by atoms with van der Waals surface area (Å²) < 4.78 is 5.47. The molecule has 4 aromatic rings. The molecule has 0 fully saturated rings. The SMILES string of the molecule is Cc1cc(C)c(-c2c(C)cc(-c3ncco3)cc2C)c(-c2ncc[nH]2)c1. The van der Waals surface area contributed by atoms with Crippen LogP contribution >= 0.6 is 0 Å². The van der Waals surface area contributed by atoms with Gasteiger partial charge in [-0.25, -0.2) is 9.97 Å². The van der Waals surface area contributed by atoms with Crippen LogP contribution in [-0.2, 0) is 0 Å². The van der Waals surface area contributed by atoms with Crippen LogP contribution in [-0.4, -0.2) is 15.0 Å². The van der Waals surface area contributed by atoms with Crippen molar-refractivity contribution >= 4 is 0 Å². The molecule has 0 aliphatic carbocycles. The highest BCUT2D eigenvalue weighted by atomic mass is 16.3. The molecule has 0 saturated carbocycles. The van der Waals surface area contributed by atoms with Crippen molar-refractivity contribution in [3.05, 3.63) is 71.4 Å². The van der Waals surface area contributed by atoms with Gasteiger partial charge in [0.25, 0.3) is 0 Å². The highest BCUT2D eigenvalue weighted by Gasteiger charge is 2.18. The van der Waals surface area contributed by atoms with Crippen molar-refractivity contribution in [2.24, 2.45) is 0 Å². The fourth-order valence-corrected chi connectivity index (χ4v) is 3.75. The summed E-state index contributed by atoms with van der Waals surface area (Å²) in [5, 5.41) is 0. The zero-order valence-electron chi connectivity index (χ0n) is 15.4. The maximum Gasteiger partial charge on any atom is 0.225 e. The molecule has 0 radical (unpaired) electrons. The predicted octanol–water partition coefficient (Wildman–Crippen LogP) is 5.63. The van der Waals surface area contributed by atoms with E-state index >= 15 is 0 Å². The van der Waals surface area contributed by atoms with Gasteiger partial charge >= 0.3 is 0 Å². The summed E-state index contributed by atoms with van der Waals surface area (Å²) in [6, 6.07) is 8.70. The normalized spacial score (nSPS) is 11.1. The summed E-state index contributed by atoms with van der Waals surface area (Å²) in [5.74, 6) is 1.54. The fraction of sp³-hybridized carbons (Fsp3) is 0.182. The molecule has 0 bridgehead atoms. The van der Waals surface area contributed by atoms with Crippen LogP contribution in [0.25, 0.3) is 34.0 Å². The van der Waals surface area contributed by atoms with Crippen molar-refractivity contribution in [3.63, 3.8) is 0 Å². The second kappa shape index (κ2) is 6.30. The van der Waals surface area contributed by atoms with Crippen LogP contribution in [0.3, 0.4) is 0 Å². The van der Waals surface area contributed by atoms with E-state index in [2.05, 4.69) is 66.9 Å². The lowest BCUT2D eigenvalue weighted by Gasteiger charge is -2.18. The Kier molecular flexibility index (Phi) is 3.96. The summed E-state index contributed by atoms with van der Waals surface area (Å²) >= 11 is 0. The Bertz CT molecular complexity index is 1040. The molecule has 2 aromatic carbocycles. The van der Waals surface area contributed by atoms with Crippen LogP contribution in [0.1, 0.15) is 22.3 Å². The number of aromatic amines is 1. The number of hydrogen-bond donors (Lipinski definition) is 1. The van der Waals surface area contributed by atoms with E-state index in [1.54, 1.807) is 18.7 Å². The second-order valence-electron chi connectivity index (χ2n) is 6.76. The van der Waals surface area contributed by atoms with Gasteiger partial charge in [0.05, 0.1) is 6.20 Å². The summed E-state index contributed by atoms with van der Waals surface area (Å²) in [4.78, 5) is 12.0. The van der Waals surface area contributed by atoms with Crippen molar-refractivity contribution in [2.45, 2.75) is 27.7 Å². The number of aromatic nitrogens is 3. The monoisotopic (exact) mass is 343 g/mol. The highest BCUT2D eigenvalue weighted by Crippen LogP contribution is 2.39. The Labute approximate surface area is 153 Å². The van der Waals surface area contributed by atoms with Crippen LogP contribution < -0.4 is 0 Å². The van der Waals surface area contributed by atoms with Crippen LogP contribution in [0.2, 0.25) is 0 Å². The van der Waals surface area contributed by atoms with Gasteiger partial charge < -0.3 is 9.40 Å². The molecule has 26 heavy (non-hydrogen) atoms. The number of nitrogens with one attached hydrogen (secondary N) is 1. The minimum absolute atomic E-state index is 0.648. The number of H-pyrrole nitrogens is 1. The van der Waals surface area contributed by atoms with Crippen molar-refractivity contribution in [1.29, 1.82) is 0 Å². The van der Waals surface area contributed by atoms with E-state index in [1.165, 1.54) is 33.4 Å². The van der Waals surface area contributed by atoms with Crippen molar-refractivity contribution < 1.29 is 4.42 Å². The number of imidazole rings is 1. The summed E-state index contributed by atoms with van der Waals surface area (Å²) in [6.07, 6.45) is 6.93. The van der Waals surface area contributed by atoms with Crippen molar-refractivity contribution in [3.8, 4) is 34.0 Å². The van der Waals surface area contributed by atoms with Gasteiger partial charge in [0.1, 0.15) is 12.1 Å². The Balaban J connectivity index is 1.97. The fourth-order valence-electron chi connectivity index (χ4n) is 3.75. The van der Waals surface area contributed by atoms with Crippen molar-refractivity contribution in [2.75, 3.05) is 0 Å². The molecule has 2 heterocycles. The molecule has 4 rings (SSSR count). The molecule has 0 saturated heterocycles. The smallest absolute Gasteiger partial charge is 0.225 e. The lowest BCUT2D eigenvalue weighted by molar-refractivity contribution is 0.574. The first-order valence-corrected chi connectivity index (χ1v) is 8.67. The van der Waals surface area contributed by atoms with Gasteiger partial charge in [0.2, 0.25) is 5.89 Å². The number of rotatable bonds is 3. The predicted molar refractivity (Wildman–Crippen MR) is 104 cm³/mol. The molecule has 130 valence electrons. The third-order valence-electron chi connectivity index (χ3n) is 4.70. The first-order chi connectivity index (χ1) is 12.5. The minimum Gasteiger partial charge on any atom is -0.445 e. The van der Waals surface area contributed by atoms with E-state index in [0.29, 0.717) is 5.89 Å². The lowest BCUT2D eigenvalue weighted by atomic mass is 9.86. The highest BCUT2D eigenvalue weighted by molar-refractivity contribution is 5.87. The van der Waals surface area contributed by atoms with E-state index in [1.807, 2.05) is 6.20 Å². The molecular weight excluding hydrogens is 322 g/mol. The minimum atomic E-state index is 0.648. The number of hydrogen-bond acceptors (Lipinski definition) is 3. The van der Waals surface area contributed by atoms with Gasteiger partial charge in [0, 0.05) is 23.5 Å². The molecule has 0 amide bonds. The van der Waals surface area contributed by atoms with Gasteiger partial charge in [0.15, 0.2) is 0 Å². The number of aryl methyl sites for hydroxylation is 4. The first-order valence-electron chi connectivity index (χ1n) is 8.67. The van der Waals surface area contributed by atoms with E-state index in [-0.39, 0.29) is 0 Å². The molecule has 0 atom stereocenters. The standard InChI is InChI=1S/C22H21N3O/c1-13-9-14(2)20(18(10-13)21-23-5-6-24-21)19-15(3)11-17(12-16(19)4)22-25-7-8-26-22/h5-12H,1-4H3,(H,23,24). The Morgan fingerprint density at radius 1 is 0.808 bits per heavy atom. The maximum atomic E-state index is 5.47. The average molecular weight is 343 g/mol. The summed E-state index contributed by atoms with van der Waals surface area (Å²) in [7, 11) is 0. The number of nitrogens with zero attached hydrogens (tertiary/aromatic N) is 2. The maximum absolute atomic E-state index is 5.47. The van der Waals surface area contributed by atoms with Crippen LogP contribution in [0.4, 0.5) is 0 Å². The lowest BCUT2D eigenvalue weighted by Crippen LogP contribution is -1.97. The van der Waals surface area contributed by atoms with E-state index in [0.717, 1.165) is 17.0 Å². The Hall–Kier alpha value is -3.14. The quantitative estimate of drug-likeness (QED) is 0.524. The molecular formula is C22H21N3O. The summed E-state index contributed by atoms with van der Waals surface area (Å²) in [5.41, 5.74) is 9.44. The molecule has 1 N–H and O–H groups in total. The first kappa shape index (κ1) is 16.3. The zero-order valence-corrected chi connectivity index (χ0v) is 15.4. The van der Waals surface area contributed by atoms with E-state index in [4.69, 9.17) is 4.42 Å². The largest absolute Gasteiger partial charge is 0.445 e. The topological polar surface area (TPSA) is 54.7 Å². The summed E-state index contributed by atoms with van der Waals surface area (Å²) in [6.45, 7) is 8.56. The van der Waals surface area contributed by atoms with E-state index < -0.39 is 0 Å². The molecule has 0 unspecified atom stereocenters. The van der Waals surface area contributed by atoms with Gasteiger partial charge in [-0.2, -0.15) is 0 Å². The molecule has 0 spiro atoms. The number of benzene rings is 2. The zero-order chi connectivity index (χ0) is 18.3. The van der Waals surface area contributed by atoms with Gasteiger partial charge in [-0.15, -0.1) is 0 Å². The van der Waals surface area contributed by atoms with Gasteiger partial charge in [-0.05, 0) is 73.7 Å². The number of oxazole rings is 1. The van der Waals surface area contributed by atoms with E-state index in [9.17, 15) is 0 Å². The van der Waals surface area contributed by atoms with Crippen LogP contribution in [0, 0.1) is 27.7 Å². The third kappa shape index (κ3) is 2.73. The van der Waals surface area contributed by atoms with Crippen LogP contribution in [0.15, 0.2) is 53.5 Å². The third-order valence-corrected chi connectivity index (χ3v) is 4.70. The second-order valence-corrected chi connectivity index (χ2v) is 6.76. The molecule has 2 aromatic heterocycles. The molecule has 4 nitrogen and oxygen atoms in total. The van der Waals surface area contributed by atoms with Gasteiger partial charge in [-0.3, -0.25) is 0 Å². The van der Waals surface area contributed by atoms with Crippen molar-refractivity contribution in [1.82, 2.24) is 15.0 Å². The molecule has 4 heteroatoms.